The standard InChI is InChI=1S/C30H32N4O2S/c1-3-4-5-6-19-36-27-17-9-23(10-18-27)20-31-34-29(35)25-13-11-24(12-14-25)28-21-37-30(33-28)32-26-15-7-22(2)8-16-26/h7-18,20-21H,3-6,19H2,1-2H3,(H,32,33)(H,34,35)/b31-20+. The van der Waals surface area contributed by atoms with E-state index in [2.05, 4.69) is 46.8 Å². The third-order valence-corrected chi connectivity index (χ3v) is 6.53. The summed E-state index contributed by atoms with van der Waals surface area (Å²) in [6.07, 6.45) is 6.35. The van der Waals surface area contributed by atoms with Gasteiger partial charge >= 0.3 is 0 Å². The number of amides is 1. The molecule has 0 bridgehead atoms. The van der Waals surface area contributed by atoms with Crippen LogP contribution in [0, 0.1) is 6.92 Å². The van der Waals surface area contributed by atoms with E-state index in [9.17, 15) is 4.79 Å². The van der Waals surface area contributed by atoms with Crippen molar-refractivity contribution in [3.63, 3.8) is 0 Å². The molecule has 1 aromatic heterocycles. The first-order valence-corrected chi connectivity index (χ1v) is 13.4. The van der Waals surface area contributed by atoms with Gasteiger partial charge in [-0.1, -0.05) is 56.0 Å². The van der Waals surface area contributed by atoms with Gasteiger partial charge in [-0.2, -0.15) is 5.10 Å². The normalized spacial score (nSPS) is 11.0. The van der Waals surface area contributed by atoms with Crippen molar-refractivity contribution in [2.24, 2.45) is 5.10 Å². The molecule has 0 atom stereocenters. The van der Waals surface area contributed by atoms with Gasteiger partial charge in [-0.15, -0.1) is 11.3 Å². The highest BCUT2D eigenvalue weighted by atomic mass is 32.1. The Hall–Kier alpha value is -3.97. The fraction of sp³-hybridized carbons (Fsp3) is 0.233. The monoisotopic (exact) mass is 512 g/mol. The highest BCUT2D eigenvalue weighted by molar-refractivity contribution is 7.14. The van der Waals surface area contributed by atoms with Gasteiger partial charge in [0.05, 0.1) is 18.5 Å². The maximum atomic E-state index is 12.5. The van der Waals surface area contributed by atoms with Crippen molar-refractivity contribution in [3.8, 4) is 17.0 Å². The molecule has 0 fully saturated rings. The number of aryl methyl sites for hydroxylation is 1. The third kappa shape index (κ3) is 8.02. The van der Waals surface area contributed by atoms with Crippen LogP contribution in [0.1, 0.15) is 54.1 Å². The van der Waals surface area contributed by atoms with E-state index in [-0.39, 0.29) is 5.91 Å². The Kier molecular flexibility index (Phi) is 9.43. The Morgan fingerprint density at radius 3 is 2.46 bits per heavy atom. The quantitative estimate of drug-likeness (QED) is 0.116. The van der Waals surface area contributed by atoms with Crippen molar-refractivity contribution in [1.29, 1.82) is 0 Å². The lowest BCUT2D eigenvalue weighted by atomic mass is 10.1. The summed E-state index contributed by atoms with van der Waals surface area (Å²) in [4.78, 5) is 17.2. The molecule has 0 aliphatic rings. The smallest absolute Gasteiger partial charge is 0.271 e. The van der Waals surface area contributed by atoms with Gasteiger partial charge in [0, 0.05) is 22.2 Å². The average Bonchev–Trinajstić information content (AvgIpc) is 3.39. The van der Waals surface area contributed by atoms with Crippen LogP contribution in [0.25, 0.3) is 11.3 Å². The van der Waals surface area contributed by atoms with Crippen LogP contribution in [-0.4, -0.2) is 23.7 Å². The molecule has 0 unspecified atom stereocenters. The van der Waals surface area contributed by atoms with Gasteiger partial charge in [0.2, 0.25) is 0 Å². The molecule has 190 valence electrons. The Morgan fingerprint density at radius 1 is 0.973 bits per heavy atom. The summed E-state index contributed by atoms with van der Waals surface area (Å²) < 4.78 is 5.76. The van der Waals surface area contributed by atoms with Gasteiger partial charge in [0.25, 0.3) is 5.91 Å². The largest absolute Gasteiger partial charge is 0.494 e. The first kappa shape index (κ1) is 26.1. The number of hydrogen-bond acceptors (Lipinski definition) is 6. The number of carbonyl (C=O) groups is 1. The number of nitrogens with one attached hydrogen (secondary N) is 2. The van der Waals surface area contributed by atoms with Gasteiger partial charge < -0.3 is 10.1 Å². The summed E-state index contributed by atoms with van der Waals surface area (Å²) >= 11 is 1.54. The third-order valence-electron chi connectivity index (χ3n) is 5.78. The van der Waals surface area contributed by atoms with Gasteiger partial charge in [0.1, 0.15) is 5.75 Å². The van der Waals surface area contributed by atoms with Crippen LogP contribution < -0.4 is 15.5 Å². The number of nitrogens with zero attached hydrogens (tertiary/aromatic N) is 2. The molecular formula is C30H32N4O2S. The van der Waals surface area contributed by atoms with Crippen LogP contribution >= 0.6 is 11.3 Å². The second-order valence-corrected chi connectivity index (χ2v) is 9.64. The van der Waals surface area contributed by atoms with E-state index >= 15 is 0 Å². The van der Waals surface area contributed by atoms with Crippen molar-refractivity contribution in [2.45, 2.75) is 39.5 Å². The van der Waals surface area contributed by atoms with Crippen molar-refractivity contribution < 1.29 is 9.53 Å². The summed E-state index contributed by atoms with van der Waals surface area (Å²) in [5.41, 5.74) is 8.02. The number of ether oxygens (including phenoxy) is 1. The Bertz CT molecular complexity index is 1300. The number of hydrogen-bond donors (Lipinski definition) is 2. The molecule has 0 saturated carbocycles. The van der Waals surface area contributed by atoms with E-state index in [0.29, 0.717) is 5.56 Å². The summed E-state index contributed by atoms with van der Waals surface area (Å²) in [5, 5.41) is 10.2. The number of thiazole rings is 1. The van der Waals surface area contributed by atoms with Gasteiger partial charge in [0.15, 0.2) is 5.13 Å². The van der Waals surface area contributed by atoms with Gasteiger partial charge in [-0.3, -0.25) is 4.79 Å². The Labute approximate surface area is 222 Å². The van der Waals surface area contributed by atoms with E-state index < -0.39 is 0 Å². The van der Waals surface area contributed by atoms with Crippen LogP contribution in [0.5, 0.6) is 5.75 Å². The van der Waals surface area contributed by atoms with Crippen LogP contribution in [0.4, 0.5) is 10.8 Å². The van der Waals surface area contributed by atoms with Crippen LogP contribution in [-0.2, 0) is 0 Å². The number of unbranched alkanes of at least 4 members (excludes halogenated alkanes) is 3. The van der Waals surface area contributed by atoms with E-state index in [1.807, 2.05) is 53.9 Å². The van der Waals surface area contributed by atoms with Gasteiger partial charge in [-0.05, 0) is 67.4 Å². The predicted molar refractivity (Wildman–Crippen MR) is 153 cm³/mol. The molecule has 2 N–H and O–H groups in total. The van der Waals surface area contributed by atoms with Crippen LogP contribution in [0.15, 0.2) is 83.3 Å². The van der Waals surface area contributed by atoms with E-state index in [4.69, 9.17) is 4.74 Å². The highest BCUT2D eigenvalue weighted by Crippen LogP contribution is 2.27. The predicted octanol–water partition coefficient (Wildman–Crippen LogP) is 7.59. The highest BCUT2D eigenvalue weighted by Gasteiger charge is 2.08. The van der Waals surface area contributed by atoms with Crippen molar-refractivity contribution in [3.05, 3.63) is 94.9 Å². The zero-order valence-corrected chi connectivity index (χ0v) is 22.1. The molecule has 0 aliphatic heterocycles. The second-order valence-electron chi connectivity index (χ2n) is 8.78. The summed E-state index contributed by atoms with van der Waals surface area (Å²) in [6, 6.07) is 23.2. The number of rotatable bonds is 12. The lowest BCUT2D eigenvalue weighted by molar-refractivity contribution is 0.0955. The van der Waals surface area contributed by atoms with E-state index in [1.54, 1.807) is 29.7 Å². The molecule has 1 heterocycles. The number of hydrazone groups is 1. The van der Waals surface area contributed by atoms with Crippen LogP contribution in [0.3, 0.4) is 0 Å². The molecule has 4 rings (SSSR count). The first-order valence-electron chi connectivity index (χ1n) is 12.6. The summed E-state index contributed by atoms with van der Waals surface area (Å²) in [5.74, 6) is 0.575. The molecule has 7 heteroatoms. The fourth-order valence-corrected chi connectivity index (χ4v) is 4.36. The SMILES string of the molecule is CCCCCCOc1ccc(/C=N/NC(=O)c2ccc(-c3csc(Nc4ccc(C)cc4)n3)cc2)cc1. The zero-order valence-electron chi connectivity index (χ0n) is 21.2. The number of anilines is 2. The molecule has 0 saturated heterocycles. The first-order chi connectivity index (χ1) is 18.1. The molecule has 1 amide bonds. The van der Waals surface area contributed by atoms with Crippen molar-refractivity contribution in [2.75, 3.05) is 11.9 Å². The molecule has 6 nitrogen and oxygen atoms in total. The Balaban J connectivity index is 1.26. The van der Waals surface area contributed by atoms with Crippen molar-refractivity contribution >= 4 is 34.3 Å². The molecule has 0 aliphatic carbocycles. The maximum Gasteiger partial charge on any atom is 0.271 e. The lowest BCUT2D eigenvalue weighted by Gasteiger charge is -2.06. The molecule has 0 radical (unpaired) electrons. The number of carbonyl (C=O) groups excluding carboxylic acids is 1. The minimum absolute atomic E-state index is 0.269. The molecule has 3 aromatic carbocycles. The second kappa shape index (κ2) is 13.4. The minimum Gasteiger partial charge on any atom is -0.494 e. The molecular weight excluding hydrogens is 480 g/mol. The van der Waals surface area contributed by atoms with E-state index in [1.165, 1.54) is 24.8 Å². The van der Waals surface area contributed by atoms with E-state index in [0.717, 1.165) is 46.4 Å². The van der Waals surface area contributed by atoms with Crippen molar-refractivity contribution in [1.82, 2.24) is 10.4 Å². The average molecular weight is 513 g/mol. The van der Waals surface area contributed by atoms with Crippen LogP contribution in [0.2, 0.25) is 0 Å². The minimum atomic E-state index is -0.269. The number of aromatic nitrogens is 1. The number of benzene rings is 3. The summed E-state index contributed by atoms with van der Waals surface area (Å²) in [7, 11) is 0. The maximum absolute atomic E-state index is 12.5. The topological polar surface area (TPSA) is 75.6 Å². The summed E-state index contributed by atoms with van der Waals surface area (Å²) in [6.45, 7) is 4.99. The Morgan fingerprint density at radius 2 is 1.73 bits per heavy atom. The van der Waals surface area contributed by atoms with Gasteiger partial charge in [-0.25, -0.2) is 10.4 Å². The molecule has 37 heavy (non-hydrogen) atoms. The lowest BCUT2D eigenvalue weighted by Crippen LogP contribution is -2.17. The fourth-order valence-electron chi connectivity index (χ4n) is 3.62. The molecule has 4 aromatic rings. The molecule has 0 spiro atoms. The zero-order chi connectivity index (χ0) is 25.9.